The van der Waals surface area contributed by atoms with Crippen LogP contribution in [-0.4, -0.2) is 46.5 Å². The summed E-state index contributed by atoms with van der Waals surface area (Å²) in [6.45, 7) is 6.22. The molecule has 0 bridgehead atoms. The van der Waals surface area contributed by atoms with Gasteiger partial charge in [0.1, 0.15) is 6.54 Å². The molecule has 94 valence electrons. The van der Waals surface area contributed by atoms with Crippen LogP contribution in [0.5, 0.6) is 0 Å². The summed E-state index contributed by atoms with van der Waals surface area (Å²) in [5, 5.41) is 8.97. The molecule has 0 aromatic carbocycles. The molecule has 0 saturated carbocycles. The van der Waals surface area contributed by atoms with Gasteiger partial charge in [0.15, 0.2) is 0 Å². The number of hydrogen-bond acceptors (Lipinski definition) is 3. The van der Waals surface area contributed by atoms with Gasteiger partial charge in [-0.25, -0.2) is 0 Å². The summed E-state index contributed by atoms with van der Waals surface area (Å²) in [6, 6.07) is 0. The van der Waals surface area contributed by atoms with Crippen molar-refractivity contribution in [2.24, 2.45) is 5.92 Å². The number of aliphatic carboxylic acids is 1. The molecular formula is C11H21NO3S. The van der Waals surface area contributed by atoms with Crippen LogP contribution in [-0.2, 0) is 9.59 Å². The van der Waals surface area contributed by atoms with E-state index >= 15 is 0 Å². The van der Waals surface area contributed by atoms with Gasteiger partial charge in [-0.3, -0.25) is 9.59 Å². The second kappa shape index (κ2) is 7.54. The predicted molar refractivity (Wildman–Crippen MR) is 66.6 cm³/mol. The Morgan fingerprint density at radius 2 is 1.88 bits per heavy atom. The summed E-state index contributed by atoms with van der Waals surface area (Å²) in [5.41, 5.74) is 0. The van der Waals surface area contributed by atoms with Gasteiger partial charge in [-0.2, -0.15) is 11.8 Å². The minimum atomic E-state index is -0.953. The van der Waals surface area contributed by atoms with Gasteiger partial charge in [-0.05, 0) is 12.2 Å². The highest BCUT2D eigenvalue weighted by Gasteiger charge is 2.19. The van der Waals surface area contributed by atoms with Gasteiger partial charge in [0.05, 0.1) is 0 Å². The second-order valence-corrected chi connectivity index (χ2v) is 5.59. The van der Waals surface area contributed by atoms with Crippen molar-refractivity contribution in [3.63, 3.8) is 0 Å². The van der Waals surface area contributed by atoms with Crippen LogP contribution in [0, 0.1) is 5.92 Å². The SMILES string of the molecule is CSC(C)CC(=O)N(CC(=O)O)CC(C)C. The number of carboxylic acid groups (broad SMARTS) is 1. The lowest BCUT2D eigenvalue weighted by molar-refractivity contribution is -0.144. The zero-order valence-electron chi connectivity index (χ0n) is 10.4. The molecule has 0 aliphatic carbocycles. The summed E-state index contributed by atoms with van der Waals surface area (Å²) in [7, 11) is 0. The molecule has 4 nitrogen and oxygen atoms in total. The molecule has 0 aliphatic heterocycles. The van der Waals surface area contributed by atoms with E-state index in [9.17, 15) is 9.59 Å². The van der Waals surface area contributed by atoms with E-state index in [1.54, 1.807) is 11.8 Å². The third-order valence-corrected chi connectivity index (χ3v) is 3.10. The van der Waals surface area contributed by atoms with Crippen LogP contribution in [0.2, 0.25) is 0 Å². The van der Waals surface area contributed by atoms with E-state index in [1.807, 2.05) is 27.0 Å². The first kappa shape index (κ1) is 15.3. The number of carboxylic acids is 1. The van der Waals surface area contributed by atoms with Gasteiger partial charge >= 0.3 is 5.97 Å². The summed E-state index contributed by atoms with van der Waals surface area (Å²) >= 11 is 1.61. The number of thioether (sulfide) groups is 1. The largest absolute Gasteiger partial charge is 0.480 e. The maximum Gasteiger partial charge on any atom is 0.323 e. The van der Waals surface area contributed by atoms with Crippen molar-refractivity contribution in [3.8, 4) is 0 Å². The lowest BCUT2D eigenvalue weighted by atomic mass is 10.2. The number of rotatable bonds is 7. The van der Waals surface area contributed by atoms with E-state index in [4.69, 9.17) is 5.11 Å². The molecule has 1 N–H and O–H groups in total. The molecule has 16 heavy (non-hydrogen) atoms. The van der Waals surface area contributed by atoms with Crippen molar-refractivity contribution in [3.05, 3.63) is 0 Å². The third kappa shape index (κ3) is 6.71. The zero-order valence-corrected chi connectivity index (χ0v) is 11.2. The van der Waals surface area contributed by atoms with Gasteiger partial charge < -0.3 is 10.0 Å². The Balaban J connectivity index is 4.37. The molecule has 1 amide bonds. The number of carbonyl (C=O) groups excluding carboxylic acids is 1. The highest BCUT2D eigenvalue weighted by atomic mass is 32.2. The van der Waals surface area contributed by atoms with E-state index in [2.05, 4.69) is 0 Å². The Morgan fingerprint density at radius 3 is 2.25 bits per heavy atom. The predicted octanol–water partition coefficient (Wildman–Crippen LogP) is 1.70. The first-order valence-electron chi connectivity index (χ1n) is 5.39. The number of carbonyl (C=O) groups is 2. The van der Waals surface area contributed by atoms with Crippen molar-refractivity contribution >= 4 is 23.6 Å². The molecule has 5 heteroatoms. The Hall–Kier alpha value is -0.710. The van der Waals surface area contributed by atoms with Crippen LogP contribution in [0.3, 0.4) is 0 Å². The van der Waals surface area contributed by atoms with Gasteiger partial charge in [-0.15, -0.1) is 0 Å². The average molecular weight is 247 g/mol. The fourth-order valence-electron chi connectivity index (χ4n) is 1.32. The quantitative estimate of drug-likeness (QED) is 0.744. The topological polar surface area (TPSA) is 57.6 Å². The van der Waals surface area contributed by atoms with Crippen LogP contribution in [0.1, 0.15) is 27.2 Å². The Labute approximate surface area is 101 Å². The Bertz CT molecular complexity index is 243. The summed E-state index contributed by atoms with van der Waals surface area (Å²) < 4.78 is 0. The molecule has 0 aromatic rings. The highest BCUT2D eigenvalue weighted by molar-refractivity contribution is 7.99. The van der Waals surface area contributed by atoms with Crippen LogP contribution in [0.25, 0.3) is 0 Å². The summed E-state index contributed by atoms with van der Waals surface area (Å²) in [5.74, 6) is -0.739. The van der Waals surface area contributed by atoms with Crippen LogP contribution < -0.4 is 0 Å². The van der Waals surface area contributed by atoms with Crippen LogP contribution >= 0.6 is 11.8 Å². The standard InChI is InChI=1S/C11H21NO3S/c1-8(2)6-12(7-11(14)15)10(13)5-9(3)16-4/h8-9H,5-7H2,1-4H3,(H,14,15). The summed E-state index contributed by atoms with van der Waals surface area (Å²) in [6.07, 6.45) is 2.35. The van der Waals surface area contributed by atoms with Crippen LogP contribution in [0.4, 0.5) is 0 Å². The maximum atomic E-state index is 11.8. The molecule has 0 heterocycles. The minimum Gasteiger partial charge on any atom is -0.480 e. The first-order valence-corrected chi connectivity index (χ1v) is 6.68. The van der Waals surface area contributed by atoms with Crippen molar-refractivity contribution in [2.75, 3.05) is 19.3 Å². The van der Waals surface area contributed by atoms with Gasteiger partial charge in [0, 0.05) is 18.2 Å². The molecule has 1 atom stereocenters. The van der Waals surface area contributed by atoms with Crippen molar-refractivity contribution in [2.45, 2.75) is 32.4 Å². The average Bonchev–Trinajstić information content (AvgIpc) is 2.15. The second-order valence-electron chi connectivity index (χ2n) is 4.31. The fourth-order valence-corrected chi connectivity index (χ4v) is 1.63. The van der Waals surface area contributed by atoms with Gasteiger partial charge in [-0.1, -0.05) is 20.8 Å². The Morgan fingerprint density at radius 1 is 1.31 bits per heavy atom. The lowest BCUT2D eigenvalue weighted by Gasteiger charge is -2.23. The normalized spacial score (nSPS) is 12.6. The van der Waals surface area contributed by atoms with E-state index in [1.165, 1.54) is 4.90 Å². The molecule has 0 rings (SSSR count). The van der Waals surface area contributed by atoms with E-state index < -0.39 is 5.97 Å². The number of amides is 1. The molecule has 0 spiro atoms. The molecule has 0 aliphatic rings. The van der Waals surface area contributed by atoms with Gasteiger partial charge in [0.2, 0.25) is 5.91 Å². The minimum absolute atomic E-state index is 0.0713. The van der Waals surface area contributed by atoms with E-state index in [-0.39, 0.29) is 23.6 Å². The molecule has 0 fully saturated rings. The summed E-state index contributed by atoms with van der Waals surface area (Å²) in [4.78, 5) is 23.9. The first-order chi connectivity index (χ1) is 7.36. The number of nitrogens with zero attached hydrogens (tertiary/aromatic N) is 1. The van der Waals surface area contributed by atoms with Crippen molar-refractivity contribution in [1.29, 1.82) is 0 Å². The molecule has 0 radical (unpaired) electrons. The van der Waals surface area contributed by atoms with Crippen LogP contribution in [0.15, 0.2) is 0 Å². The Kier molecular flexibility index (Phi) is 7.21. The van der Waals surface area contributed by atoms with E-state index in [0.717, 1.165) is 0 Å². The molecule has 0 aromatic heterocycles. The molecule has 1 unspecified atom stereocenters. The van der Waals surface area contributed by atoms with Crippen molar-refractivity contribution in [1.82, 2.24) is 4.90 Å². The number of hydrogen-bond donors (Lipinski definition) is 1. The third-order valence-electron chi connectivity index (χ3n) is 2.13. The smallest absolute Gasteiger partial charge is 0.323 e. The maximum absolute atomic E-state index is 11.8. The molecule has 0 saturated heterocycles. The molecular weight excluding hydrogens is 226 g/mol. The van der Waals surface area contributed by atoms with E-state index in [0.29, 0.717) is 13.0 Å². The lowest BCUT2D eigenvalue weighted by Crippen LogP contribution is -2.39. The van der Waals surface area contributed by atoms with Gasteiger partial charge in [0.25, 0.3) is 0 Å². The zero-order chi connectivity index (χ0) is 12.7. The fraction of sp³-hybridized carbons (Fsp3) is 0.818. The highest BCUT2D eigenvalue weighted by Crippen LogP contribution is 2.12. The van der Waals surface area contributed by atoms with Crippen molar-refractivity contribution < 1.29 is 14.7 Å². The monoisotopic (exact) mass is 247 g/mol.